The number of methoxy groups -OCH3 is 1. The van der Waals surface area contributed by atoms with Crippen LogP contribution in [0.25, 0.3) is 0 Å². The normalized spacial score (nSPS) is 14.6. The van der Waals surface area contributed by atoms with Crippen LogP contribution in [0.1, 0.15) is 34.5 Å². The van der Waals surface area contributed by atoms with E-state index in [1.165, 1.54) is 6.26 Å². The fourth-order valence-electron chi connectivity index (χ4n) is 3.35. The molecule has 0 unspecified atom stereocenters. The average Bonchev–Trinajstić information content (AvgIpc) is 3.08. The minimum Gasteiger partial charge on any atom is -0.497 e. The van der Waals surface area contributed by atoms with Gasteiger partial charge in [0.15, 0.2) is 0 Å². The molecule has 0 aliphatic carbocycles. The van der Waals surface area contributed by atoms with E-state index in [1.807, 2.05) is 29.2 Å². The van der Waals surface area contributed by atoms with E-state index in [9.17, 15) is 9.59 Å². The van der Waals surface area contributed by atoms with Gasteiger partial charge in [0.25, 0.3) is 5.91 Å². The van der Waals surface area contributed by atoms with E-state index >= 15 is 0 Å². The van der Waals surface area contributed by atoms with Gasteiger partial charge in [-0.2, -0.15) is 0 Å². The lowest BCUT2D eigenvalue weighted by Gasteiger charge is -2.22. The number of carbonyl (C=O) groups excluding carboxylic acids is 2. The number of hydrogen-bond donors (Lipinski definition) is 1. The van der Waals surface area contributed by atoms with Crippen molar-refractivity contribution in [1.82, 2.24) is 9.80 Å². The fourth-order valence-corrected chi connectivity index (χ4v) is 3.35. The number of aryl methyl sites for hydroxylation is 1. The monoisotopic (exact) mass is 385 g/mol. The van der Waals surface area contributed by atoms with Gasteiger partial charge in [0, 0.05) is 32.6 Å². The molecule has 0 spiro atoms. The molecule has 28 heavy (non-hydrogen) atoms. The molecule has 7 nitrogen and oxygen atoms in total. The number of rotatable bonds is 6. The van der Waals surface area contributed by atoms with Gasteiger partial charge in [0.1, 0.15) is 17.8 Å². The van der Waals surface area contributed by atoms with Crippen LogP contribution in [0.15, 0.2) is 41.0 Å². The Hall–Kier alpha value is -2.80. The van der Waals surface area contributed by atoms with E-state index < -0.39 is 0 Å². The van der Waals surface area contributed by atoms with Gasteiger partial charge < -0.3 is 24.7 Å². The lowest BCUT2D eigenvalue weighted by atomic mass is 10.1. The largest absolute Gasteiger partial charge is 0.497 e. The summed E-state index contributed by atoms with van der Waals surface area (Å²) in [7, 11) is 1.63. The Bertz CT molecular complexity index is 800. The first kappa shape index (κ1) is 19.9. The molecule has 0 bridgehead atoms. The van der Waals surface area contributed by atoms with Gasteiger partial charge in [0.2, 0.25) is 5.91 Å². The minimum atomic E-state index is -0.0732. The molecule has 1 aliphatic rings. The number of ether oxygens (including phenoxy) is 1. The van der Waals surface area contributed by atoms with Crippen molar-refractivity contribution in [1.29, 1.82) is 0 Å². The van der Waals surface area contributed by atoms with E-state index in [0.717, 1.165) is 17.7 Å². The standard InChI is InChI=1S/C21H27N3O4/c1-27-18-6-3-16(4-7-18)5-8-20(25)23-9-2-10-24(12-11-23)21(26)17-13-19(14-22)28-15-17/h3-4,6-7,13,15H,2,5,8-12,14,22H2,1H3. The zero-order valence-electron chi connectivity index (χ0n) is 16.2. The third kappa shape index (κ3) is 4.92. The van der Waals surface area contributed by atoms with Crippen LogP contribution in [0.2, 0.25) is 0 Å². The summed E-state index contributed by atoms with van der Waals surface area (Å²) in [6, 6.07) is 9.46. The third-order valence-corrected chi connectivity index (χ3v) is 5.02. The molecule has 1 fully saturated rings. The molecular weight excluding hydrogens is 358 g/mol. The summed E-state index contributed by atoms with van der Waals surface area (Å²) in [5.74, 6) is 1.45. The molecule has 2 N–H and O–H groups in total. The molecule has 1 aromatic carbocycles. The van der Waals surface area contributed by atoms with Crippen molar-refractivity contribution < 1.29 is 18.7 Å². The maximum atomic E-state index is 12.6. The molecule has 1 saturated heterocycles. The molecule has 2 heterocycles. The Morgan fingerprint density at radius 2 is 1.82 bits per heavy atom. The molecule has 0 atom stereocenters. The summed E-state index contributed by atoms with van der Waals surface area (Å²) in [6.07, 6.45) is 3.37. The summed E-state index contributed by atoms with van der Waals surface area (Å²) in [5.41, 5.74) is 7.16. The molecule has 7 heteroatoms. The van der Waals surface area contributed by atoms with E-state index in [0.29, 0.717) is 50.3 Å². The second-order valence-corrected chi connectivity index (χ2v) is 6.88. The number of benzene rings is 1. The van der Waals surface area contributed by atoms with Gasteiger partial charge in [-0.1, -0.05) is 12.1 Å². The second-order valence-electron chi connectivity index (χ2n) is 6.88. The van der Waals surface area contributed by atoms with Gasteiger partial charge in [0.05, 0.1) is 19.2 Å². The van der Waals surface area contributed by atoms with E-state index in [1.54, 1.807) is 18.1 Å². The van der Waals surface area contributed by atoms with Crippen molar-refractivity contribution in [2.75, 3.05) is 33.3 Å². The van der Waals surface area contributed by atoms with Crippen molar-refractivity contribution in [2.24, 2.45) is 5.73 Å². The Labute approximate surface area is 165 Å². The molecular formula is C21H27N3O4. The van der Waals surface area contributed by atoms with Crippen molar-refractivity contribution in [2.45, 2.75) is 25.8 Å². The van der Waals surface area contributed by atoms with Gasteiger partial charge in [-0.15, -0.1) is 0 Å². The first-order valence-electron chi connectivity index (χ1n) is 9.58. The van der Waals surface area contributed by atoms with Crippen molar-refractivity contribution in [3.05, 3.63) is 53.5 Å². The lowest BCUT2D eigenvalue weighted by Crippen LogP contribution is -2.37. The second kappa shape index (κ2) is 9.41. The quantitative estimate of drug-likeness (QED) is 0.822. The zero-order valence-corrected chi connectivity index (χ0v) is 16.2. The van der Waals surface area contributed by atoms with Crippen LogP contribution in [-0.4, -0.2) is 54.9 Å². The summed E-state index contributed by atoms with van der Waals surface area (Å²) in [5, 5.41) is 0. The summed E-state index contributed by atoms with van der Waals surface area (Å²) >= 11 is 0. The van der Waals surface area contributed by atoms with Crippen molar-refractivity contribution >= 4 is 11.8 Å². The predicted octanol–water partition coefficient (Wildman–Crippen LogP) is 2.05. The molecule has 150 valence electrons. The summed E-state index contributed by atoms with van der Waals surface area (Å²) in [6.45, 7) is 2.64. The minimum absolute atomic E-state index is 0.0732. The van der Waals surface area contributed by atoms with Crippen LogP contribution in [0, 0.1) is 0 Å². The molecule has 1 aromatic heterocycles. The van der Waals surface area contributed by atoms with Crippen LogP contribution in [0.5, 0.6) is 5.75 Å². The van der Waals surface area contributed by atoms with E-state index in [4.69, 9.17) is 14.9 Å². The predicted molar refractivity (Wildman–Crippen MR) is 105 cm³/mol. The summed E-state index contributed by atoms with van der Waals surface area (Å²) in [4.78, 5) is 28.9. The van der Waals surface area contributed by atoms with Crippen molar-refractivity contribution in [3.63, 3.8) is 0 Å². The summed E-state index contributed by atoms with van der Waals surface area (Å²) < 4.78 is 10.4. The Kier molecular flexibility index (Phi) is 6.71. The van der Waals surface area contributed by atoms with E-state index in [-0.39, 0.29) is 18.4 Å². The number of hydrogen-bond acceptors (Lipinski definition) is 5. The SMILES string of the molecule is COc1ccc(CCC(=O)N2CCCN(C(=O)c3coc(CN)c3)CC2)cc1. The third-order valence-electron chi connectivity index (χ3n) is 5.02. The highest BCUT2D eigenvalue weighted by Gasteiger charge is 2.23. The highest BCUT2D eigenvalue weighted by molar-refractivity contribution is 5.94. The van der Waals surface area contributed by atoms with Gasteiger partial charge in [-0.3, -0.25) is 9.59 Å². The van der Waals surface area contributed by atoms with Crippen molar-refractivity contribution in [3.8, 4) is 5.75 Å². The van der Waals surface area contributed by atoms with Crippen LogP contribution in [-0.2, 0) is 17.8 Å². The van der Waals surface area contributed by atoms with Gasteiger partial charge >= 0.3 is 0 Å². The number of nitrogens with two attached hydrogens (primary N) is 1. The Morgan fingerprint density at radius 1 is 1.11 bits per heavy atom. The smallest absolute Gasteiger partial charge is 0.257 e. The molecule has 0 radical (unpaired) electrons. The first-order chi connectivity index (χ1) is 13.6. The Balaban J connectivity index is 1.50. The lowest BCUT2D eigenvalue weighted by molar-refractivity contribution is -0.131. The molecule has 2 aromatic rings. The van der Waals surface area contributed by atoms with Crippen LogP contribution in [0.4, 0.5) is 0 Å². The van der Waals surface area contributed by atoms with Crippen LogP contribution in [0.3, 0.4) is 0 Å². The number of carbonyl (C=O) groups is 2. The number of furan rings is 1. The van der Waals surface area contributed by atoms with Gasteiger partial charge in [-0.25, -0.2) is 0 Å². The van der Waals surface area contributed by atoms with Crippen LogP contribution < -0.4 is 10.5 Å². The fraction of sp³-hybridized carbons (Fsp3) is 0.429. The topological polar surface area (TPSA) is 89.0 Å². The average molecular weight is 385 g/mol. The molecule has 3 rings (SSSR count). The van der Waals surface area contributed by atoms with Crippen LogP contribution >= 0.6 is 0 Å². The first-order valence-corrected chi connectivity index (χ1v) is 9.58. The molecule has 1 aliphatic heterocycles. The van der Waals surface area contributed by atoms with Gasteiger partial charge in [-0.05, 0) is 36.6 Å². The Morgan fingerprint density at radius 3 is 2.50 bits per heavy atom. The molecule has 2 amide bonds. The maximum absolute atomic E-state index is 12.6. The highest BCUT2D eigenvalue weighted by Crippen LogP contribution is 2.15. The number of amides is 2. The molecule has 0 saturated carbocycles. The van der Waals surface area contributed by atoms with E-state index in [2.05, 4.69) is 0 Å². The zero-order chi connectivity index (χ0) is 19.9. The highest BCUT2D eigenvalue weighted by atomic mass is 16.5. The number of nitrogens with zero attached hydrogens (tertiary/aromatic N) is 2. The maximum Gasteiger partial charge on any atom is 0.257 e.